The van der Waals surface area contributed by atoms with Gasteiger partial charge in [0.2, 0.25) is 11.9 Å². The minimum atomic E-state index is -5.12. The van der Waals surface area contributed by atoms with Crippen molar-refractivity contribution in [2.24, 2.45) is 5.92 Å². The summed E-state index contributed by atoms with van der Waals surface area (Å²) in [4.78, 5) is 54.1. The van der Waals surface area contributed by atoms with Crippen LogP contribution >= 0.6 is 7.82 Å². The fourth-order valence-corrected chi connectivity index (χ4v) is 4.22. The highest BCUT2D eigenvalue weighted by atomic mass is 31.2. The Balaban J connectivity index is 2.56. The molecule has 1 heterocycles. The summed E-state index contributed by atoms with van der Waals surface area (Å²) in [5, 5.41) is 10.2. The number of rotatable bonds is 18. The molecule has 11 heteroatoms. The van der Waals surface area contributed by atoms with E-state index in [1.165, 1.54) is 19.3 Å². The van der Waals surface area contributed by atoms with Gasteiger partial charge in [0.05, 0.1) is 5.92 Å². The number of aliphatic hydroxyl groups excluding tert-OH is 1. The number of ether oxygens (including phenoxy) is 2. The number of phosphoric ester groups is 1. The largest absolute Gasteiger partial charge is 0.470 e. The first kappa shape index (κ1) is 29.7. The molecule has 1 saturated heterocycles. The number of phosphoric acid groups is 1. The van der Waals surface area contributed by atoms with E-state index in [4.69, 9.17) is 19.3 Å². The number of hydrogen-bond acceptors (Lipinski definition) is 8. The van der Waals surface area contributed by atoms with Crippen LogP contribution in [0.1, 0.15) is 90.9 Å². The molecule has 3 N–H and O–H groups in total. The fraction of sp³-hybridized carbons (Fsp3) is 0.864. The zero-order valence-corrected chi connectivity index (χ0v) is 20.5. The molecule has 0 saturated carbocycles. The van der Waals surface area contributed by atoms with Gasteiger partial charge < -0.3 is 24.4 Å². The van der Waals surface area contributed by atoms with E-state index >= 15 is 0 Å². The van der Waals surface area contributed by atoms with Gasteiger partial charge in [0.25, 0.3) is 0 Å². The van der Waals surface area contributed by atoms with Crippen molar-refractivity contribution in [3.63, 3.8) is 0 Å². The second-order valence-electron chi connectivity index (χ2n) is 8.54. The van der Waals surface area contributed by atoms with Crippen LogP contribution in [0.25, 0.3) is 0 Å². The average molecular weight is 495 g/mol. The topological polar surface area (TPSA) is 157 Å². The van der Waals surface area contributed by atoms with E-state index in [0.717, 1.165) is 44.9 Å². The Bertz CT molecular complexity index is 662. The van der Waals surface area contributed by atoms with Crippen LogP contribution in [0.4, 0.5) is 0 Å². The predicted molar refractivity (Wildman–Crippen MR) is 119 cm³/mol. The average Bonchev–Trinajstić information content (AvgIpc) is 3.02. The number of Topliss-reactive ketones (excluding diaryl/α,β-unsaturated/α-hetero) is 1. The highest BCUT2D eigenvalue weighted by Crippen LogP contribution is 2.39. The first-order chi connectivity index (χ1) is 15.6. The van der Waals surface area contributed by atoms with Crippen LogP contribution in [-0.2, 0) is 32.9 Å². The molecule has 1 fully saturated rings. The molecule has 0 bridgehead atoms. The lowest BCUT2D eigenvalue weighted by Crippen LogP contribution is -2.39. The number of carbonyl (C=O) groups excluding carboxylic acids is 3. The number of esters is 2. The molecule has 0 aromatic rings. The summed E-state index contributed by atoms with van der Waals surface area (Å²) in [5.41, 5.74) is 0. The van der Waals surface area contributed by atoms with Crippen LogP contribution < -0.4 is 0 Å². The number of hydrogen-bond donors (Lipinski definition) is 3. The zero-order chi connectivity index (χ0) is 24.9. The van der Waals surface area contributed by atoms with Crippen molar-refractivity contribution in [1.29, 1.82) is 0 Å². The Labute approximate surface area is 195 Å². The molecule has 0 spiro atoms. The summed E-state index contributed by atoms with van der Waals surface area (Å²) in [5.74, 6) is -3.22. The van der Waals surface area contributed by atoms with Crippen molar-refractivity contribution in [3.05, 3.63) is 0 Å². The molecule has 0 radical (unpaired) electrons. The molecular formula is C22H39O10P. The van der Waals surface area contributed by atoms with Crippen molar-refractivity contribution < 1.29 is 47.8 Å². The third-order valence-electron chi connectivity index (χ3n) is 5.63. The van der Waals surface area contributed by atoms with E-state index in [-0.39, 0.29) is 5.92 Å². The van der Waals surface area contributed by atoms with Crippen LogP contribution in [0.5, 0.6) is 0 Å². The number of aliphatic hydroxyl groups is 1. The van der Waals surface area contributed by atoms with Crippen LogP contribution in [0.15, 0.2) is 0 Å². The van der Waals surface area contributed by atoms with Crippen molar-refractivity contribution in [2.75, 3.05) is 6.61 Å². The Hall–Kier alpha value is -1.32. The van der Waals surface area contributed by atoms with Crippen LogP contribution in [0.3, 0.4) is 0 Å². The number of ketones is 1. The standard InChI is InChI=1S/C22H39O10P/c1-3-5-7-9-10-12-14-16(13-11-8-6-4-2)21(25)30-15-17(23)19-18(24)20(22(26)31-19)32-33(27,28)29/h16-17,19-20,23H,3-15H2,1-2H3,(H2,27,28,29)/t16?,17-,19+,20?/m0/s1. The normalized spacial score (nSPS) is 20.5. The fourth-order valence-electron chi connectivity index (χ4n) is 3.75. The van der Waals surface area contributed by atoms with E-state index in [1.54, 1.807) is 0 Å². The number of cyclic esters (lactones) is 1. The van der Waals surface area contributed by atoms with Gasteiger partial charge in [0.15, 0.2) is 6.10 Å². The summed E-state index contributed by atoms with van der Waals surface area (Å²) in [6.45, 7) is 3.69. The number of unbranched alkanes of at least 4 members (excludes halogenated alkanes) is 8. The Morgan fingerprint density at radius 1 is 0.970 bits per heavy atom. The van der Waals surface area contributed by atoms with Gasteiger partial charge in [0, 0.05) is 0 Å². The van der Waals surface area contributed by atoms with Crippen molar-refractivity contribution in [2.45, 2.75) is 109 Å². The Morgan fingerprint density at radius 3 is 2.03 bits per heavy atom. The second-order valence-corrected chi connectivity index (χ2v) is 9.73. The third-order valence-corrected chi connectivity index (χ3v) is 6.12. The van der Waals surface area contributed by atoms with Gasteiger partial charge >= 0.3 is 19.8 Å². The van der Waals surface area contributed by atoms with Crippen molar-refractivity contribution in [1.82, 2.24) is 0 Å². The van der Waals surface area contributed by atoms with Crippen LogP contribution in [0.2, 0.25) is 0 Å². The van der Waals surface area contributed by atoms with Gasteiger partial charge in [0.1, 0.15) is 12.7 Å². The number of carbonyl (C=O) groups is 3. The monoisotopic (exact) mass is 494 g/mol. The molecule has 4 atom stereocenters. The predicted octanol–water partition coefficient (Wildman–Crippen LogP) is 3.20. The van der Waals surface area contributed by atoms with E-state index in [0.29, 0.717) is 12.8 Å². The Kier molecular flexibility index (Phi) is 14.0. The molecule has 1 rings (SSSR count). The lowest BCUT2D eigenvalue weighted by molar-refractivity contribution is -0.159. The molecule has 1 aliphatic rings. The SMILES string of the molecule is CCCCCCCCC(CCCCCC)C(=O)OC[C@H](O)[C@H]1OC(=O)C(OP(=O)(O)O)C1=O. The van der Waals surface area contributed by atoms with Gasteiger partial charge in [-0.3, -0.25) is 14.1 Å². The molecule has 33 heavy (non-hydrogen) atoms. The van der Waals surface area contributed by atoms with E-state index in [2.05, 4.69) is 18.4 Å². The van der Waals surface area contributed by atoms with E-state index < -0.39 is 50.5 Å². The minimum Gasteiger partial charge on any atom is -0.463 e. The first-order valence-corrected chi connectivity index (χ1v) is 13.5. The smallest absolute Gasteiger partial charge is 0.463 e. The van der Waals surface area contributed by atoms with E-state index in [9.17, 15) is 24.1 Å². The van der Waals surface area contributed by atoms with Gasteiger partial charge in [-0.25, -0.2) is 9.36 Å². The molecule has 192 valence electrons. The summed E-state index contributed by atoms with van der Waals surface area (Å²) >= 11 is 0. The van der Waals surface area contributed by atoms with Gasteiger partial charge in [-0.15, -0.1) is 0 Å². The lowest BCUT2D eigenvalue weighted by Gasteiger charge is -2.19. The molecule has 0 aromatic heterocycles. The summed E-state index contributed by atoms with van der Waals surface area (Å²) < 4.78 is 25.0. The van der Waals surface area contributed by atoms with Crippen LogP contribution in [0, 0.1) is 5.92 Å². The maximum atomic E-state index is 12.6. The lowest BCUT2D eigenvalue weighted by atomic mass is 9.94. The molecule has 0 aliphatic carbocycles. The summed E-state index contributed by atoms with van der Waals surface area (Å²) in [6.07, 6.45) is 6.55. The minimum absolute atomic E-state index is 0.312. The zero-order valence-electron chi connectivity index (χ0n) is 19.6. The van der Waals surface area contributed by atoms with Gasteiger partial charge in [-0.05, 0) is 12.8 Å². The molecule has 2 unspecified atom stereocenters. The molecule has 1 aliphatic heterocycles. The third kappa shape index (κ3) is 11.6. The summed E-state index contributed by atoms with van der Waals surface area (Å²) in [7, 11) is -5.12. The molecule has 10 nitrogen and oxygen atoms in total. The molecule has 0 aromatic carbocycles. The molecular weight excluding hydrogens is 455 g/mol. The van der Waals surface area contributed by atoms with Crippen LogP contribution in [-0.4, -0.2) is 57.5 Å². The Morgan fingerprint density at radius 2 is 1.48 bits per heavy atom. The second kappa shape index (κ2) is 15.6. The van der Waals surface area contributed by atoms with E-state index in [1.807, 2.05) is 0 Å². The maximum Gasteiger partial charge on any atom is 0.470 e. The highest BCUT2D eigenvalue weighted by molar-refractivity contribution is 7.46. The summed E-state index contributed by atoms with van der Waals surface area (Å²) in [6, 6.07) is 0. The first-order valence-electron chi connectivity index (χ1n) is 11.9. The van der Waals surface area contributed by atoms with Gasteiger partial charge in [-0.2, -0.15) is 0 Å². The van der Waals surface area contributed by atoms with Crippen molar-refractivity contribution >= 4 is 25.5 Å². The quantitative estimate of drug-likeness (QED) is 0.112. The maximum absolute atomic E-state index is 12.6. The highest BCUT2D eigenvalue weighted by Gasteiger charge is 2.50. The van der Waals surface area contributed by atoms with Crippen molar-refractivity contribution in [3.8, 4) is 0 Å². The molecule has 0 amide bonds. The van der Waals surface area contributed by atoms with Gasteiger partial charge in [-0.1, -0.05) is 78.1 Å².